The van der Waals surface area contributed by atoms with Gasteiger partial charge >= 0.3 is 0 Å². The third kappa shape index (κ3) is 2.06. The molecule has 4 aromatic rings. The Balaban J connectivity index is 1.82. The van der Waals surface area contributed by atoms with Gasteiger partial charge in [0, 0.05) is 26.7 Å². The van der Waals surface area contributed by atoms with Crippen molar-refractivity contribution >= 4 is 32.7 Å². The van der Waals surface area contributed by atoms with Crippen molar-refractivity contribution in [1.82, 2.24) is 9.97 Å². The van der Waals surface area contributed by atoms with Crippen LogP contribution < -0.4 is 0 Å². The molecular formula is C20H12BrN3O. The van der Waals surface area contributed by atoms with Crippen LogP contribution in [0.4, 0.5) is 0 Å². The van der Waals surface area contributed by atoms with E-state index in [-0.39, 0.29) is 0 Å². The van der Waals surface area contributed by atoms with Crippen molar-refractivity contribution in [2.75, 3.05) is 0 Å². The second kappa shape index (κ2) is 5.29. The summed E-state index contributed by atoms with van der Waals surface area (Å²) in [6, 6.07) is 19.9. The highest BCUT2D eigenvalue weighted by Crippen LogP contribution is 2.42. The fourth-order valence-corrected chi connectivity index (χ4v) is 3.87. The fraction of sp³-hybridized carbons (Fsp3) is 0. The summed E-state index contributed by atoms with van der Waals surface area (Å²) in [5.41, 5.74) is 7.45. The van der Waals surface area contributed by atoms with Gasteiger partial charge in [-0.2, -0.15) is 0 Å². The van der Waals surface area contributed by atoms with Crippen molar-refractivity contribution in [2.45, 2.75) is 0 Å². The molecule has 25 heavy (non-hydrogen) atoms. The Bertz CT molecular complexity index is 1180. The Kier molecular flexibility index (Phi) is 3.05. The number of nitrogens with zero attached hydrogens (tertiary/aromatic N) is 2. The number of fused-ring (bicyclic) bond motifs is 4. The number of hydrogen-bond donors (Lipinski definition) is 2. The molecule has 0 atom stereocenters. The normalized spacial score (nSPS) is 14.0. The maximum absolute atomic E-state index is 9.53. The smallest absolute Gasteiger partial charge is 0.139 e. The molecule has 0 aliphatic heterocycles. The summed E-state index contributed by atoms with van der Waals surface area (Å²) in [7, 11) is 0. The zero-order valence-electron chi connectivity index (χ0n) is 13.0. The number of benzene rings is 3. The summed E-state index contributed by atoms with van der Waals surface area (Å²) in [6.45, 7) is 0. The van der Waals surface area contributed by atoms with Gasteiger partial charge in [0.05, 0.1) is 11.0 Å². The van der Waals surface area contributed by atoms with Crippen LogP contribution in [0.2, 0.25) is 0 Å². The van der Waals surface area contributed by atoms with Gasteiger partial charge in [-0.05, 0) is 23.8 Å². The number of hydrogen-bond acceptors (Lipinski definition) is 3. The maximum Gasteiger partial charge on any atom is 0.139 e. The van der Waals surface area contributed by atoms with Gasteiger partial charge in [-0.3, -0.25) is 0 Å². The molecule has 1 aromatic heterocycles. The molecule has 0 amide bonds. The molecule has 1 aliphatic carbocycles. The van der Waals surface area contributed by atoms with E-state index in [4.69, 9.17) is 4.98 Å². The average Bonchev–Trinajstić information content (AvgIpc) is 3.19. The van der Waals surface area contributed by atoms with Crippen molar-refractivity contribution in [2.24, 2.45) is 5.16 Å². The second-order valence-electron chi connectivity index (χ2n) is 5.97. The predicted octanol–water partition coefficient (Wildman–Crippen LogP) is 5.20. The fourth-order valence-electron chi connectivity index (χ4n) is 3.51. The van der Waals surface area contributed by atoms with Crippen LogP contribution in [0.25, 0.3) is 33.5 Å². The van der Waals surface area contributed by atoms with Gasteiger partial charge in [0.2, 0.25) is 0 Å². The van der Waals surface area contributed by atoms with Crippen molar-refractivity contribution < 1.29 is 5.21 Å². The van der Waals surface area contributed by atoms with E-state index in [1.165, 1.54) is 0 Å². The molecule has 0 unspecified atom stereocenters. The van der Waals surface area contributed by atoms with E-state index in [9.17, 15) is 5.21 Å². The summed E-state index contributed by atoms with van der Waals surface area (Å²) < 4.78 is 1.01. The first-order valence-corrected chi connectivity index (χ1v) is 8.66. The Morgan fingerprint density at radius 2 is 1.64 bits per heavy atom. The van der Waals surface area contributed by atoms with E-state index in [0.29, 0.717) is 5.71 Å². The highest BCUT2D eigenvalue weighted by Gasteiger charge is 2.28. The van der Waals surface area contributed by atoms with Crippen LogP contribution in [0.5, 0.6) is 0 Å². The molecule has 5 heteroatoms. The lowest BCUT2D eigenvalue weighted by molar-refractivity contribution is 0.320. The minimum absolute atomic E-state index is 0.603. The minimum atomic E-state index is 0.603. The summed E-state index contributed by atoms with van der Waals surface area (Å²) in [5, 5.41) is 13.1. The van der Waals surface area contributed by atoms with Crippen molar-refractivity contribution in [1.29, 1.82) is 0 Å². The number of nitrogens with one attached hydrogen (secondary N) is 1. The number of aromatic amines is 1. The monoisotopic (exact) mass is 389 g/mol. The minimum Gasteiger partial charge on any atom is -0.410 e. The number of aromatic nitrogens is 2. The van der Waals surface area contributed by atoms with Gasteiger partial charge in [0.15, 0.2) is 0 Å². The molecule has 1 aliphatic rings. The SMILES string of the molecule is ON=C1c2ccccc2-c2c1cccc2-c1nc2ccc(Br)cc2[nH]1. The molecule has 120 valence electrons. The van der Waals surface area contributed by atoms with E-state index in [1.54, 1.807) is 0 Å². The lowest BCUT2D eigenvalue weighted by Gasteiger charge is -2.06. The largest absolute Gasteiger partial charge is 0.410 e. The average molecular weight is 390 g/mol. The standard InChI is InChI=1S/C20H12BrN3O/c21-11-8-9-16-17(10-11)23-20(22-16)15-7-3-6-14-18(15)12-4-1-2-5-13(12)19(14)24-25/h1-10,25H,(H,22,23). The molecule has 0 radical (unpaired) electrons. The van der Waals surface area contributed by atoms with Crippen LogP contribution in [0.1, 0.15) is 11.1 Å². The highest BCUT2D eigenvalue weighted by molar-refractivity contribution is 9.10. The molecule has 4 nitrogen and oxygen atoms in total. The summed E-state index contributed by atoms with van der Waals surface area (Å²) in [5.74, 6) is 0.805. The van der Waals surface area contributed by atoms with Gasteiger partial charge in [0.1, 0.15) is 11.5 Å². The maximum atomic E-state index is 9.53. The van der Waals surface area contributed by atoms with Gasteiger partial charge in [-0.1, -0.05) is 63.6 Å². The quantitative estimate of drug-likeness (QED) is 0.305. The van der Waals surface area contributed by atoms with Crippen molar-refractivity contribution in [3.63, 3.8) is 0 Å². The first kappa shape index (κ1) is 14.4. The first-order valence-electron chi connectivity index (χ1n) is 7.87. The van der Waals surface area contributed by atoms with Gasteiger partial charge in [0.25, 0.3) is 0 Å². The number of rotatable bonds is 1. The summed E-state index contributed by atoms with van der Waals surface area (Å²) in [6.07, 6.45) is 0. The zero-order chi connectivity index (χ0) is 17.0. The first-order chi connectivity index (χ1) is 12.3. The molecule has 5 rings (SSSR count). The number of halogens is 1. The number of oxime groups is 1. The predicted molar refractivity (Wildman–Crippen MR) is 102 cm³/mol. The molecule has 0 spiro atoms. The summed E-state index contributed by atoms with van der Waals surface area (Å²) >= 11 is 3.49. The molecule has 0 saturated heterocycles. The Hall–Kier alpha value is -2.92. The van der Waals surface area contributed by atoms with Crippen LogP contribution in [0.15, 0.2) is 70.3 Å². The van der Waals surface area contributed by atoms with Crippen LogP contribution in [0, 0.1) is 0 Å². The van der Waals surface area contributed by atoms with Gasteiger partial charge in [-0.15, -0.1) is 0 Å². The second-order valence-corrected chi connectivity index (χ2v) is 6.88. The van der Waals surface area contributed by atoms with Gasteiger partial charge < -0.3 is 10.2 Å². The number of imidazole rings is 1. The topological polar surface area (TPSA) is 61.3 Å². The Labute approximate surface area is 152 Å². The van der Waals surface area contributed by atoms with Crippen LogP contribution in [-0.2, 0) is 0 Å². The molecular weight excluding hydrogens is 378 g/mol. The lowest BCUT2D eigenvalue weighted by atomic mass is 9.99. The van der Waals surface area contributed by atoms with E-state index in [2.05, 4.69) is 32.1 Å². The molecule has 0 bridgehead atoms. The van der Waals surface area contributed by atoms with E-state index < -0.39 is 0 Å². The zero-order valence-corrected chi connectivity index (χ0v) is 14.6. The van der Waals surface area contributed by atoms with Gasteiger partial charge in [-0.25, -0.2) is 4.98 Å². The Morgan fingerprint density at radius 1 is 0.880 bits per heavy atom. The lowest BCUT2D eigenvalue weighted by Crippen LogP contribution is -1.97. The van der Waals surface area contributed by atoms with Crippen LogP contribution in [-0.4, -0.2) is 20.9 Å². The number of H-pyrrole nitrogens is 1. The van der Waals surface area contributed by atoms with Crippen molar-refractivity contribution in [3.8, 4) is 22.5 Å². The summed E-state index contributed by atoms with van der Waals surface area (Å²) in [4.78, 5) is 8.15. The highest BCUT2D eigenvalue weighted by atomic mass is 79.9. The van der Waals surface area contributed by atoms with E-state index in [0.717, 1.165) is 49.1 Å². The molecule has 3 aromatic carbocycles. The Morgan fingerprint density at radius 3 is 2.48 bits per heavy atom. The van der Waals surface area contributed by atoms with Crippen molar-refractivity contribution in [3.05, 3.63) is 76.3 Å². The van der Waals surface area contributed by atoms with E-state index >= 15 is 0 Å². The van der Waals surface area contributed by atoms with E-state index in [1.807, 2.05) is 54.6 Å². The molecule has 1 heterocycles. The van der Waals surface area contributed by atoms with Crippen LogP contribution in [0.3, 0.4) is 0 Å². The third-order valence-electron chi connectivity index (χ3n) is 4.57. The third-order valence-corrected chi connectivity index (χ3v) is 5.06. The molecule has 0 saturated carbocycles. The van der Waals surface area contributed by atoms with Crippen LogP contribution >= 0.6 is 15.9 Å². The molecule has 0 fully saturated rings. The molecule has 2 N–H and O–H groups in total.